The molecule has 26 heavy (non-hydrogen) atoms. The normalized spacial score (nSPS) is 16.8. The molecule has 0 aliphatic carbocycles. The lowest BCUT2D eigenvalue weighted by atomic mass is 10.0. The number of aliphatic carboxylic acids is 1. The molecule has 0 aromatic rings. The maximum absolute atomic E-state index is 12.2. The van der Waals surface area contributed by atoms with Gasteiger partial charge in [-0.25, -0.2) is 4.79 Å². The van der Waals surface area contributed by atoms with Crippen molar-refractivity contribution < 1.29 is 29.4 Å². The summed E-state index contributed by atoms with van der Waals surface area (Å²) in [5, 5.41) is 25.4. The zero-order valence-electron chi connectivity index (χ0n) is 15.2. The van der Waals surface area contributed by atoms with E-state index in [1.165, 1.54) is 13.8 Å². The molecule has 0 aliphatic heterocycles. The lowest BCUT2D eigenvalue weighted by Gasteiger charge is -2.24. The molecule has 0 saturated heterocycles. The van der Waals surface area contributed by atoms with Crippen LogP contribution in [0.5, 0.6) is 0 Å². The zero-order chi connectivity index (χ0) is 20.6. The molecule has 0 aromatic heterocycles. The molecule has 0 fully saturated rings. The molecule has 0 aromatic carbocycles. The first kappa shape index (κ1) is 24.1. The Morgan fingerprint density at radius 3 is 1.88 bits per heavy atom. The fraction of sp³-hybridized carbons (Fsp3) is 0.733. The molecule has 0 heterocycles. The van der Waals surface area contributed by atoms with Gasteiger partial charge in [-0.15, -0.1) is 0 Å². The van der Waals surface area contributed by atoms with Gasteiger partial charge < -0.3 is 31.9 Å². The molecule has 0 saturated carbocycles. The van der Waals surface area contributed by atoms with Gasteiger partial charge in [-0.05, 0) is 19.8 Å². The summed E-state index contributed by atoms with van der Waals surface area (Å²) in [4.78, 5) is 47.2. The van der Waals surface area contributed by atoms with E-state index in [4.69, 9.17) is 10.8 Å². The van der Waals surface area contributed by atoms with E-state index in [9.17, 15) is 24.3 Å². The fourth-order valence-electron chi connectivity index (χ4n) is 1.85. The van der Waals surface area contributed by atoms with Crippen molar-refractivity contribution in [2.24, 2.45) is 11.7 Å². The molecule has 3 amide bonds. The Morgan fingerprint density at radius 1 is 0.962 bits per heavy atom. The number of carbonyl (C=O) groups is 4. The Morgan fingerprint density at radius 2 is 1.50 bits per heavy atom. The minimum absolute atomic E-state index is 0.0735. The van der Waals surface area contributed by atoms with Crippen LogP contribution in [0.15, 0.2) is 0 Å². The van der Waals surface area contributed by atoms with Crippen LogP contribution in [0.4, 0.5) is 0 Å². The topological polar surface area (TPSA) is 171 Å². The van der Waals surface area contributed by atoms with Gasteiger partial charge in [-0.1, -0.05) is 13.8 Å². The quantitative estimate of drug-likeness (QED) is 0.207. The molecule has 10 nitrogen and oxygen atoms in total. The van der Waals surface area contributed by atoms with Crippen LogP contribution in [0.1, 0.15) is 27.7 Å². The summed E-state index contributed by atoms with van der Waals surface area (Å²) < 4.78 is 0. The van der Waals surface area contributed by atoms with Crippen LogP contribution in [0.2, 0.25) is 0 Å². The first-order chi connectivity index (χ1) is 11.9. The van der Waals surface area contributed by atoms with Gasteiger partial charge in [0, 0.05) is 5.75 Å². The number of hydrogen-bond acceptors (Lipinski definition) is 7. The average molecular weight is 392 g/mol. The van der Waals surface area contributed by atoms with Crippen LogP contribution in [-0.4, -0.2) is 69.9 Å². The standard InChI is InChI=1S/C15H28N4O6S/c1-6(2)11(15(24)25)19-13(22)9(5-26)18-12(21)7(3)17-14(23)10(16)8(4)20/h6-11,20,26H,5,16H2,1-4H3,(H,17,23)(H,18,21)(H,19,22)(H,24,25). The van der Waals surface area contributed by atoms with Gasteiger partial charge in [0.15, 0.2) is 0 Å². The number of carboxylic acid groups (broad SMARTS) is 1. The molecule has 0 aliphatic rings. The zero-order valence-corrected chi connectivity index (χ0v) is 16.1. The van der Waals surface area contributed by atoms with Gasteiger partial charge in [0.1, 0.15) is 24.2 Å². The van der Waals surface area contributed by atoms with Gasteiger partial charge >= 0.3 is 5.97 Å². The Kier molecular flexibility index (Phi) is 10.2. The highest BCUT2D eigenvalue weighted by atomic mass is 32.1. The maximum Gasteiger partial charge on any atom is 0.326 e. The van der Waals surface area contributed by atoms with E-state index in [-0.39, 0.29) is 11.7 Å². The van der Waals surface area contributed by atoms with Crippen molar-refractivity contribution in [2.45, 2.75) is 58.0 Å². The summed E-state index contributed by atoms with van der Waals surface area (Å²) in [5.41, 5.74) is 5.47. The first-order valence-electron chi connectivity index (χ1n) is 8.10. The number of aliphatic hydroxyl groups excluding tert-OH is 1. The van der Waals surface area contributed by atoms with Crippen LogP contribution in [0, 0.1) is 5.92 Å². The van der Waals surface area contributed by atoms with Gasteiger partial charge in [0.25, 0.3) is 0 Å². The van der Waals surface area contributed by atoms with Gasteiger partial charge in [-0.3, -0.25) is 14.4 Å². The molecular weight excluding hydrogens is 364 g/mol. The molecule has 150 valence electrons. The summed E-state index contributed by atoms with van der Waals surface area (Å²) in [7, 11) is 0. The largest absolute Gasteiger partial charge is 0.480 e. The molecule has 5 atom stereocenters. The van der Waals surface area contributed by atoms with E-state index in [2.05, 4.69) is 28.6 Å². The molecule has 5 unspecified atom stereocenters. The van der Waals surface area contributed by atoms with E-state index in [1.807, 2.05) is 0 Å². The fourth-order valence-corrected chi connectivity index (χ4v) is 2.11. The van der Waals surface area contributed by atoms with Crippen LogP contribution in [0.25, 0.3) is 0 Å². The Balaban J connectivity index is 4.83. The second-order valence-electron chi connectivity index (χ2n) is 6.31. The second-order valence-corrected chi connectivity index (χ2v) is 6.67. The number of nitrogens with two attached hydrogens (primary N) is 1. The number of carbonyl (C=O) groups excluding carboxylic acids is 3. The number of thiol groups is 1. The molecule has 11 heteroatoms. The third-order valence-corrected chi connectivity index (χ3v) is 3.99. The Bertz CT molecular complexity index is 528. The molecule has 0 radical (unpaired) electrons. The number of amides is 3. The number of aliphatic hydroxyl groups is 1. The van der Waals surface area contributed by atoms with Crippen molar-refractivity contribution in [3.05, 3.63) is 0 Å². The number of carboxylic acids is 1. The summed E-state index contributed by atoms with van der Waals surface area (Å²) in [6, 6.07) is -4.42. The third-order valence-electron chi connectivity index (χ3n) is 3.62. The Hall–Kier alpha value is -1.85. The summed E-state index contributed by atoms with van der Waals surface area (Å²) in [6.07, 6.45) is -1.09. The van der Waals surface area contributed by atoms with E-state index in [0.717, 1.165) is 0 Å². The lowest BCUT2D eigenvalue weighted by Crippen LogP contribution is -2.58. The third kappa shape index (κ3) is 7.58. The monoisotopic (exact) mass is 392 g/mol. The van der Waals surface area contributed by atoms with Gasteiger partial charge in [0.05, 0.1) is 6.10 Å². The molecule has 0 rings (SSSR count). The van der Waals surface area contributed by atoms with Crippen molar-refractivity contribution in [1.82, 2.24) is 16.0 Å². The van der Waals surface area contributed by atoms with Crippen LogP contribution in [-0.2, 0) is 19.2 Å². The van der Waals surface area contributed by atoms with Crippen molar-refractivity contribution in [1.29, 1.82) is 0 Å². The minimum Gasteiger partial charge on any atom is -0.480 e. The number of rotatable bonds is 10. The summed E-state index contributed by atoms with van der Waals surface area (Å²) >= 11 is 3.99. The van der Waals surface area contributed by atoms with Crippen LogP contribution >= 0.6 is 12.6 Å². The van der Waals surface area contributed by atoms with Gasteiger partial charge in [0.2, 0.25) is 17.7 Å². The van der Waals surface area contributed by atoms with E-state index in [0.29, 0.717) is 0 Å². The van der Waals surface area contributed by atoms with E-state index in [1.54, 1.807) is 13.8 Å². The highest BCUT2D eigenvalue weighted by Gasteiger charge is 2.29. The molecule has 7 N–H and O–H groups in total. The van der Waals surface area contributed by atoms with Crippen LogP contribution in [0.3, 0.4) is 0 Å². The number of hydrogen-bond donors (Lipinski definition) is 7. The maximum atomic E-state index is 12.2. The highest BCUT2D eigenvalue weighted by Crippen LogP contribution is 2.03. The van der Waals surface area contributed by atoms with Crippen molar-refractivity contribution >= 4 is 36.3 Å². The SMILES string of the molecule is CC(NC(=O)C(N)C(C)O)C(=O)NC(CS)C(=O)NC(C(=O)O)C(C)C. The smallest absolute Gasteiger partial charge is 0.326 e. The first-order valence-corrected chi connectivity index (χ1v) is 8.74. The summed E-state index contributed by atoms with van der Waals surface area (Å²) in [6.45, 7) is 5.99. The molecule has 0 bridgehead atoms. The van der Waals surface area contributed by atoms with E-state index >= 15 is 0 Å². The van der Waals surface area contributed by atoms with Crippen molar-refractivity contribution in [2.75, 3.05) is 5.75 Å². The average Bonchev–Trinajstić information content (AvgIpc) is 2.55. The Labute approximate surface area is 157 Å². The highest BCUT2D eigenvalue weighted by molar-refractivity contribution is 7.80. The predicted octanol–water partition coefficient (Wildman–Crippen LogP) is -2.16. The number of nitrogens with one attached hydrogen (secondary N) is 3. The van der Waals surface area contributed by atoms with Crippen LogP contribution < -0.4 is 21.7 Å². The van der Waals surface area contributed by atoms with Crippen molar-refractivity contribution in [3.8, 4) is 0 Å². The van der Waals surface area contributed by atoms with E-state index < -0.39 is 54.0 Å². The second kappa shape index (κ2) is 11.0. The molecule has 0 spiro atoms. The lowest BCUT2D eigenvalue weighted by molar-refractivity contribution is -0.143. The predicted molar refractivity (Wildman–Crippen MR) is 97.4 cm³/mol. The van der Waals surface area contributed by atoms with Crippen molar-refractivity contribution in [3.63, 3.8) is 0 Å². The molecular formula is C15H28N4O6S. The van der Waals surface area contributed by atoms with Gasteiger partial charge in [-0.2, -0.15) is 12.6 Å². The summed E-state index contributed by atoms with van der Waals surface area (Å²) in [5.74, 6) is -3.72. The minimum atomic E-state index is -1.20.